The van der Waals surface area contributed by atoms with Crippen molar-refractivity contribution >= 4 is 8.32 Å². The van der Waals surface area contributed by atoms with Gasteiger partial charge >= 0.3 is 5.79 Å². The van der Waals surface area contributed by atoms with Crippen LogP contribution in [-0.2, 0) is 21.2 Å². The molecule has 0 spiro atoms. The Morgan fingerprint density at radius 2 is 1.50 bits per heavy atom. The summed E-state index contributed by atoms with van der Waals surface area (Å²) in [5, 5.41) is 0.0948. The molecule has 0 N–H and O–H groups in total. The lowest BCUT2D eigenvalue weighted by Gasteiger charge is -2.49. The first kappa shape index (κ1) is 17.6. The lowest BCUT2D eigenvalue weighted by Crippen LogP contribution is -2.60. The first-order valence-corrected chi connectivity index (χ1v) is 12.0. The van der Waals surface area contributed by atoms with Crippen LogP contribution in [0.3, 0.4) is 0 Å². The largest absolute Gasteiger partial charge is 0.543 e. The number of fused-ring (bicyclic) bond motifs is 3. The Hall–Kier alpha value is -1.82. The summed E-state index contributed by atoms with van der Waals surface area (Å²) in [5.41, 5.74) is 1.17. The van der Waals surface area contributed by atoms with Crippen molar-refractivity contribution in [3.8, 4) is 11.5 Å². The highest BCUT2D eigenvalue weighted by Gasteiger charge is 2.72. The molecule has 0 saturated carbocycles. The third kappa shape index (κ3) is 2.20. The Bertz CT molecular complexity index is 857. The normalized spacial score (nSPS) is 27.2. The van der Waals surface area contributed by atoms with Crippen LogP contribution in [0.15, 0.2) is 48.5 Å². The van der Waals surface area contributed by atoms with Gasteiger partial charge in [0, 0.05) is 5.56 Å². The van der Waals surface area contributed by atoms with Crippen LogP contribution in [0.1, 0.15) is 38.8 Å². The van der Waals surface area contributed by atoms with E-state index in [1.54, 1.807) is 0 Å². The van der Waals surface area contributed by atoms with E-state index in [2.05, 4.69) is 33.9 Å². The molecule has 0 aliphatic carbocycles. The van der Waals surface area contributed by atoms with Gasteiger partial charge in [0.2, 0.25) is 13.9 Å². The fourth-order valence-electron chi connectivity index (χ4n) is 3.30. The zero-order chi connectivity index (χ0) is 18.8. The van der Waals surface area contributed by atoms with Crippen LogP contribution in [0.2, 0.25) is 18.1 Å². The van der Waals surface area contributed by atoms with E-state index in [4.69, 9.17) is 18.9 Å². The maximum atomic E-state index is 6.62. The molecule has 2 aromatic rings. The molecule has 26 heavy (non-hydrogen) atoms. The average Bonchev–Trinajstić information content (AvgIpc) is 2.73. The second-order valence-electron chi connectivity index (χ2n) is 8.77. The van der Waals surface area contributed by atoms with Crippen molar-refractivity contribution in [3.05, 3.63) is 59.7 Å². The molecule has 2 heterocycles. The Balaban J connectivity index is 1.79. The second kappa shape index (κ2) is 5.35. The van der Waals surface area contributed by atoms with E-state index in [1.807, 2.05) is 55.5 Å². The van der Waals surface area contributed by atoms with Gasteiger partial charge in [-0.1, -0.05) is 51.1 Å². The highest BCUT2D eigenvalue weighted by atomic mass is 28.4. The van der Waals surface area contributed by atoms with Gasteiger partial charge in [-0.2, -0.15) is 4.89 Å². The van der Waals surface area contributed by atoms with Crippen LogP contribution in [-0.4, -0.2) is 8.32 Å². The molecule has 2 unspecified atom stereocenters. The minimum absolute atomic E-state index is 0.0948. The number of rotatable bonds is 3. The van der Waals surface area contributed by atoms with Crippen LogP contribution < -0.4 is 9.16 Å². The van der Waals surface area contributed by atoms with Gasteiger partial charge in [0.1, 0.15) is 11.5 Å². The van der Waals surface area contributed by atoms with Crippen molar-refractivity contribution in [1.82, 2.24) is 0 Å². The molecule has 2 atom stereocenters. The molecule has 0 bridgehead atoms. The van der Waals surface area contributed by atoms with Crippen molar-refractivity contribution in [1.29, 1.82) is 0 Å². The number of para-hydroxylation sites is 2. The zero-order valence-corrected chi connectivity index (χ0v) is 17.3. The fourth-order valence-corrected chi connectivity index (χ4v) is 4.33. The monoisotopic (exact) mass is 370 g/mol. The van der Waals surface area contributed by atoms with E-state index < -0.39 is 19.7 Å². The topological polar surface area (TPSA) is 36.9 Å². The predicted molar refractivity (Wildman–Crippen MR) is 103 cm³/mol. The van der Waals surface area contributed by atoms with E-state index in [-0.39, 0.29) is 5.04 Å². The van der Waals surface area contributed by atoms with E-state index in [9.17, 15) is 0 Å². The molecule has 2 aliphatic rings. The van der Waals surface area contributed by atoms with Crippen molar-refractivity contribution in [3.63, 3.8) is 0 Å². The quantitative estimate of drug-likeness (QED) is 0.528. The number of hydrogen-bond acceptors (Lipinski definition) is 4. The molecule has 4 nitrogen and oxygen atoms in total. The average molecular weight is 371 g/mol. The van der Waals surface area contributed by atoms with Gasteiger partial charge in [0.15, 0.2) is 0 Å². The predicted octanol–water partition coefficient (Wildman–Crippen LogP) is 5.49. The smallest absolute Gasteiger partial charge is 0.306 e. The maximum Gasteiger partial charge on any atom is 0.306 e. The molecule has 2 aliphatic heterocycles. The van der Waals surface area contributed by atoms with Crippen LogP contribution >= 0.6 is 0 Å². The van der Waals surface area contributed by atoms with Gasteiger partial charge in [-0.3, -0.25) is 0 Å². The van der Waals surface area contributed by atoms with Gasteiger partial charge in [-0.15, -0.1) is 0 Å². The van der Waals surface area contributed by atoms with Crippen LogP contribution in [0.25, 0.3) is 0 Å². The van der Waals surface area contributed by atoms with E-state index in [0.717, 1.165) is 22.6 Å². The minimum atomic E-state index is -2.02. The summed E-state index contributed by atoms with van der Waals surface area (Å²) in [4.78, 5) is 11.3. The Morgan fingerprint density at radius 3 is 2.12 bits per heavy atom. The molecular formula is C21H26O4Si. The van der Waals surface area contributed by atoms with E-state index in [0.29, 0.717) is 0 Å². The molecule has 2 aromatic carbocycles. The lowest BCUT2D eigenvalue weighted by atomic mass is 9.83. The highest BCUT2D eigenvalue weighted by Crippen LogP contribution is 2.63. The lowest BCUT2D eigenvalue weighted by molar-refractivity contribution is -0.602. The number of benzene rings is 2. The van der Waals surface area contributed by atoms with Gasteiger partial charge in [0.25, 0.3) is 0 Å². The summed E-state index contributed by atoms with van der Waals surface area (Å²) in [6.07, 6.45) is 0. The molecule has 0 aromatic heterocycles. The number of ether oxygens (including phenoxy) is 1. The third-order valence-electron chi connectivity index (χ3n) is 6.02. The van der Waals surface area contributed by atoms with Gasteiger partial charge in [0.05, 0.1) is 5.56 Å². The summed E-state index contributed by atoms with van der Waals surface area (Å²) >= 11 is 0. The standard InChI is InChI=1S/C21H26O4Si/c1-19(2,3)26(5,6)23-18-14-10-8-12-16(18)21-20(4,24-25-21)15-11-7-9-13-17(15)22-21/h7-14H,1-6H3. The highest BCUT2D eigenvalue weighted by molar-refractivity contribution is 6.74. The molecule has 5 heteroatoms. The van der Waals surface area contributed by atoms with Crippen LogP contribution in [0, 0.1) is 0 Å². The van der Waals surface area contributed by atoms with E-state index >= 15 is 0 Å². The van der Waals surface area contributed by atoms with Crippen molar-refractivity contribution in [2.24, 2.45) is 0 Å². The van der Waals surface area contributed by atoms with Gasteiger partial charge in [-0.05, 0) is 43.3 Å². The molecular weight excluding hydrogens is 344 g/mol. The van der Waals surface area contributed by atoms with Gasteiger partial charge in [-0.25, -0.2) is 4.89 Å². The Kier molecular flexibility index (Phi) is 3.62. The summed E-state index contributed by atoms with van der Waals surface area (Å²) in [6.45, 7) is 13.2. The molecule has 1 saturated heterocycles. The molecule has 0 radical (unpaired) electrons. The third-order valence-corrected chi connectivity index (χ3v) is 10.4. The van der Waals surface area contributed by atoms with Gasteiger partial charge < -0.3 is 9.16 Å². The SMILES string of the molecule is CC12OOC1(c1ccccc1O[Si](C)(C)C(C)(C)C)Oc1ccccc12. The van der Waals surface area contributed by atoms with E-state index in [1.165, 1.54) is 0 Å². The fraction of sp³-hybridized carbons (Fsp3) is 0.429. The van der Waals surface area contributed by atoms with Crippen LogP contribution in [0.4, 0.5) is 0 Å². The number of hydrogen-bond donors (Lipinski definition) is 0. The minimum Gasteiger partial charge on any atom is -0.543 e. The Labute approximate surface area is 156 Å². The molecule has 138 valence electrons. The summed E-state index contributed by atoms with van der Waals surface area (Å²) in [7, 11) is -2.02. The molecule has 4 rings (SSSR count). The zero-order valence-electron chi connectivity index (χ0n) is 16.3. The summed E-state index contributed by atoms with van der Waals surface area (Å²) < 4.78 is 12.9. The molecule has 0 amide bonds. The van der Waals surface area contributed by atoms with Crippen LogP contribution in [0.5, 0.6) is 11.5 Å². The Morgan fingerprint density at radius 1 is 0.885 bits per heavy atom. The van der Waals surface area contributed by atoms with Crippen molar-refractivity contribution in [2.75, 3.05) is 0 Å². The first-order valence-electron chi connectivity index (χ1n) is 9.05. The van der Waals surface area contributed by atoms with Crippen molar-refractivity contribution < 1.29 is 18.9 Å². The molecule has 1 fully saturated rings. The maximum absolute atomic E-state index is 6.62. The first-order chi connectivity index (χ1) is 12.1. The van der Waals surface area contributed by atoms with Crippen molar-refractivity contribution in [2.45, 2.75) is 57.2 Å². The summed E-state index contributed by atoms with van der Waals surface area (Å²) in [6, 6.07) is 15.9. The second-order valence-corrected chi connectivity index (χ2v) is 13.5. The summed E-state index contributed by atoms with van der Waals surface area (Å²) in [5.74, 6) is 0.575.